The first-order valence-electron chi connectivity index (χ1n) is 9.77. The molecular formula is C20H24ClN7O2. The fraction of sp³-hybridized carbons (Fsp3) is 0.350. The van der Waals surface area contributed by atoms with E-state index in [1.165, 1.54) is 0 Å². The quantitative estimate of drug-likeness (QED) is 0.454. The van der Waals surface area contributed by atoms with Gasteiger partial charge in [-0.25, -0.2) is 9.50 Å². The Bertz CT molecular complexity index is 1160. The fourth-order valence-corrected chi connectivity index (χ4v) is 3.90. The lowest BCUT2D eigenvalue weighted by atomic mass is 10.0. The number of fused-ring (bicyclic) bond motifs is 3. The Balaban J connectivity index is 0.00000218. The largest absolute Gasteiger partial charge is 0.492 e. The molecule has 5 rings (SSSR count). The summed E-state index contributed by atoms with van der Waals surface area (Å²) >= 11 is 0. The second-order valence-electron chi connectivity index (χ2n) is 7.32. The van der Waals surface area contributed by atoms with E-state index in [-0.39, 0.29) is 18.4 Å². The second kappa shape index (κ2) is 8.10. The third kappa shape index (κ3) is 3.45. The fourth-order valence-electron chi connectivity index (χ4n) is 3.90. The summed E-state index contributed by atoms with van der Waals surface area (Å²) in [5.74, 6) is 1.57. The first-order chi connectivity index (χ1) is 14.1. The van der Waals surface area contributed by atoms with Gasteiger partial charge < -0.3 is 20.5 Å². The lowest BCUT2D eigenvalue weighted by Gasteiger charge is -2.34. The molecule has 0 bridgehead atoms. The van der Waals surface area contributed by atoms with Crippen molar-refractivity contribution in [3.63, 3.8) is 0 Å². The average Bonchev–Trinajstić information content (AvgIpc) is 3.31. The van der Waals surface area contributed by atoms with Gasteiger partial charge in [0.1, 0.15) is 11.6 Å². The lowest BCUT2D eigenvalue weighted by molar-refractivity contribution is 0.131. The molecule has 0 radical (unpaired) electrons. The summed E-state index contributed by atoms with van der Waals surface area (Å²) in [7, 11) is 0. The van der Waals surface area contributed by atoms with E-state index in [0.717, 1.165) is 52.2 Å². The van der Waals surface area contributed by atoms with Crippen LogP contribution in [0.5, 0.6) is 5.75 Å². The van der Waals surface area contributed by atoms with Crippen LogP contribution in [-0.4, -0.2) is 61.7 Å². The van der Waals surface area contributed by atoms with Crippen molar-refractivity contribution in [2.75, 3.05) is 24.6 Å². The number of aliphatic hydroxyl groups is 1. The van der Waals surface area contributed by atoms with E-state index < -0.39 is 6.10 Å². The summed E-state index contributed by atoms with van der Waals surface area (Å²) in [5, 5.41) is 22.6. The minimum absolute atomic E-state index is 0. The summed E-state index contributed by atoms with van der Waals surface area (Å²) in [4.78, 5) is 6.72. The minimum Gasteiger partial charge on any atom is -0.492 e. The number of halogens is 1. The maximum Gasteiger partial charge on any atom is 0.178 e. The summed E-state index contributed by atoms with van der Waals surface area (Å²) in [6.07, 6.45) is 5.71. The molecule has 0 aliphatic carbocycles. The first kappa shape index (κ1) is 20.4. The van der Waals surface area contributed by atoms with Gasteiger partial charge in [0, 0.05) is 36.5 Å². The Morgan fingerprint density at radius 1 is 1.33 bits per heavy atom. The molecule has 10 heteroatoms. The zero-order valence-electron chi connectivity index (χ0n) is 16.5. The van der Waals surface area contributed by atoms with Crippen LogP contribution in [0, 0.1) is 0 Å². The number of aliphatic hydroxyl groups excluding tert-OH is 1. The standard InChI is InChI=1S/C20H23N7O2.ClH/c1-2-29-13-7-14(19-15-9-23-24-20(15)25-27(19)10-13)12-3-4-18(22-8-12)26-6-5-16(21)17(28)11-26;/h3-4,7-10,16-17,28H,2,5-6,11,21H2,1H3,(H,24,25);1H/t16?,17-;/m0./s1. The molecule has 4 aromatic heterocycles. The van der Waals surface area contributed by atoms with E-state index in [1.807, 2.05) is 42.0 Å². The van der Waals surface area contributed by atoms with Crippen LogP contribution in [0.4, 0.5) is 5.82 Å². The van der Waals surface area contributed by atoms with Crippen molar-refractivity contribution < 1.29 is 9.84 Å². The van der Waals surface area contributed by atoms with Crippen LogP contribution in [0.3, 0.4) is 0 Å². The zero-order valence-corrected chi connectivity index (χ0v) is 17.3. The molecule has 5 heterocycles. The van der Waals surface area contributed by atoms with E-state index in [9.17, 15) is 5.11 Å². The van der Waals surface area contributed by atoms with Gasteiger partial charge in [0.15, 0.2) is 5.65 Å². The Morgan fingerprint density at radius 2 is 2.20 bits per heavy atom. The third-order valence-electron chi connectivity index (χ3n) is 5.43. The van der Waals surface area contributed by atoms with E-state index in [1.54, 1.807) is 6.20 Å². The molecular weight excluding hydrogens is 406 g/mol. The van der Waals surface area contributed by atoms with Crippen LogP contribution >= 0.6 is 12.4 Å². The van der Waals surface area contributed by atoms with Gasteiger partial charge in [-0.15, -0.1) is 17.5 Å². The van der Waals surface area contributed by atoms with Gasteiger partial charge in [0.2, 0.25) is 0 Å². The van der Waals surface area contributed by atoms with Crippen molar-refractivity contribution in [3.05, 3.63) is 36.8 Å². The number of nitrogens with one attached hydrogen (secondary N) is 1. The molecule has 1 saturated heterocycles. The number of hydrogen-bond donors (Lipinski definition) is 3. The van der Waals surface area contributed by atoms with Gasteiger partial charge in [0.25, 0.3) is 0 Å². The molecule has 0 saturated carbocycles. The number of ether oxygens (including phenoxy) is 1. The van der Waals surface area contributed by atoms with Crippen molar-refractivity contribution in [1.29, 1.82) is 0 Å². The maximum absolute atomic E-state index is 10.1. The van der Waals surface area contributed by atoms with Crippen molar-refractivity contribution >= 4 is 34.8 Å². The van der Waals surface area contributed by atoms with Gasteiger partial charge in [-0.3, -0.25) is 5.10 Å². The molecule has 0 aromatic carbocycles. The number of pyridine rings is 2. The van der Waals surface area contributed by atoms with Crippen LogP contribution in [-0.2, 0) is 0 Å². The Kier molecular flexibility index (Phi) is 5.50. The summed E-state index contributed by atoms with van der Waals surface area (Å²) in [6, 6.07) is 5.85. The lowest BCUT2D eigenvalue weighted by Crippen LogP contribution is -2.50. The molecule has 0 spiro atoms. The second-order valence-corrected chi connectivity index (χ2v) is 7.32. The predicted molar refractivity (Wildman–Crippen MR) is 117 cm³/mol. The van der Waals surface area contributed by atoms with Gasteiger partial charge >= 0.3 is 0 Å². The highest BCUT2D eigenvalue weighted by molar-refractivity contribution is 6.00. The van der Waals surface area contributed by atoms with Crippen molar-refractivity contribution in [2.24, 2.45) is 5.73 Å². The number of hydrogen-bond acceptors (Lipinski definition) is 7. The molecule has 158 valence electrons. The molecule has 1 aliphatic heterocycles. The summed E-state index contributed by atoms with van der Waals surface area (Å²) in [5.41, 5.74) is 9.51. The Hall–Kier alpha value is -2.88. The number of β-amino-alcohol motifs (C(OH)–C–C–N with tert-alkyl or cyclic N) is 1. The number of anilines is 1. The SMILES string of the molecule is CCOc1cc(-c2ccc(N3CCC(N)[C@@H](O)C3)nc2)c2c3cn[nH]c3nn2c1.Cl. The molecule has 1 aliphatic rings. The van der Waals surface area contributed by atoms with Gasteiger partial charge in [-0.05, 0) is 31.5 Å². The van der Waals surface area contributed by atoms with Crippen LogP contribution in [0.25, 0.3) is 27.7 Å². The van der Waals surface area contributed by atoms with Gasteiger partial charge in [-0.1, -0.05) is 0 Å². The van der Waals surface area contributed by atoms with Gasteiger partial charge in [-0.2, -0.15) is 5.10 Å². The number of piperidine rings is 1. The number of nitrogens with two attached hydrogens (primary N) is 1. The van der Waals surface area contributed by atoms with Gasteiger partial charge in [0.05, 0.1) is 36.0 Å². The van der Waals surface area contributed by atoms with E-state index in [4.69, 9.17) is 10.5 Å². The number of aromatic amines is 1. The Labute approximate surface area is 179 Å². The van der Waals surface area contributed by atoms with E-state index >= 15 is 0 Å². The van der Waals surface area contributed by atoms with Crippen LogP contribution in [0.15, 0.2) is 36.8 Å². The number of nitrogens with zero attached hydrogens (tertiary/aromatic N) is 5. The molecule has 0 amide bonds. The van der Waals surface area contributed by atoms with Crippen molar-refractivity contribution in [2.45, 2.75) is 25.5 Å². The molecule has 1 fully saturated rings. The van der Waals surface area contributed by atoms with Crippen LogP contribution in [0.1, 0.15) is 13.3 Å². The average molecular weight is 430 g/mol. The number of H-pyrrole nitrogens is 1. The third-order valence-corrected chi connectivity index (χ3v) is 5.43. The predicted octanol–water partition coefficient (Wildman–Crippen LogP) is 1.99. The molecule has 2 atom stereocenters. The monoisotopic (exact) mass is 429 g/mol. The molecule has 4 aromatic rings. The topological polar surface area (TPSA) is 118 Å². The van der Waals surface area contributed by atoms with Crippen molar-refractivity contribution in [1.82, 2.24) is 24.8 Å². The van der Waals surface area contributed by atoms with E-state index in [0.29, 0.717) is 13.2 Å². The molecule has 4 N–H and O–H groups in total. The number of rotatable bonds is 4. The van der Waals surface area contributed by atoms with E-state index in [2.05, 4.69) is 25.2 Å². The normalized spacial score (nSPS) is 19.2. The molecule has 1 unspecified atom stereocenters. The molecule has 30 heavy (non-hydrogen) atoms. The zero-order chi connectivity index (χ0) is 20.0. The highest BCUT2D eigenvalue weighted by atomic mass is 35.5. The summed E-state index contributed by atoms with van der Waals surface area (Å²) < 4.78 is 7.55. The molecule has 9 nitrogen and oxygen atoms in total. The summed E-state index contributed by atoms with van der Waals surface area (Å²) in [6.45, 7) is 3.81. The van der Waals surface area contributed by atoms with Crippen molar-refractivity contribution in [3.8, 4) is 16.9 Å². The smallest absolute Gasteiger partial charge is 0.178 e. The highest BCUT2D eigenvalue weighted by Gasteiger charge is 2.25. The van der Waals surface area contributed by atoms with Crippen LogP contribution in [0.2, 0.25) is 0 Å². The Morgan fingerprint density at radius 3 is 2.93 bits per heavy atom. The maximum atomic E-state index is 10.1. The highest BCUT2D eigenvalue weighted by Crippen LogP contribution is 2.33. The minimum atomic E-state index is -0.533. The first-order valence-corrected chi connectivity index (χ1v) is 9.77. The number of aromatic nitrogens is 5. The van der Waals surface area contributed by atoms with Crippen LogP contribution < -0.4 is 15.4 Å².